The average molecular weight is 298 g/mol. The number of hydrogen-bond acceptors (Lipinski definition) is 3. The molecule has 4 nitrogen and oxygen atoms in total. The fourth-order valence-corrected chi connectivity index (χ4v) is 2.25. The van der Waals surface area contributed by atoms with Crippen molar-refractivity contribution in [2.24, 2.45) is 0 Å². The number of nitrogens with zero attached hydrogens (tertiary/aromatic N) is 1. The van der Waals surface area contributed by atoms with Crippen molar-refractivity contribution < 1.29 is 4.74 Å². The molecule has 4 heteroatoms. The van der Waals surface area contributed by atoms with Crippen molar-refractivity contribution in [1.82, 2.24) is 9.88 Å². The van der Waals surface area contributed by atoms with E-state index in [4.69, 9.17) is 4.74 Å². The van der Waals surface area contributed by atoms with Crippen LogP contribution < -0.4 is 15.5 Å². The highest BCUT2D eigenvalue weighted by molar-refractivity contribution is 5.62. The second-order valence-electron chi connectivity index (χ2n) is 5.18. The van der Waals surface area contributed by atoms with E-state index in [0.717, 1.165) is 29.2 Å². The van der Waals surface area contributed by atoms with Gasteiger partial charge in [-0.2, -0.15) is 0 Å². The summed E-state index contributed by atoms with van der Waals surface area (Å²) in [6.07, 6.45) is 3.98. The lowest BCUT2D eigenvalue weighted by Crippen LogP contribution is -2.15. The largest absolute Gasteiger partial charge is 0.492 e. The highest BCUT2D eigenvalue weighted by atomic mass is 16.5. The van der Waals surface area contributed by atoms with Crippen molar-refractivity contribution in [2.45, 2.75) is 13.8 Å². The highest BCUT2D eigenvalue weighted by Gasteiger charge is 1.99. The summed E-state index contributed by atoms with van der Waals surface area (Å²) in [5.41, 5.74) is 2.93. The summed E-state index contributed by atoms with van der Waals surface area (Å²) in [5, 5.41) is 3.05. The zero-order chi connectivity index (χ0) is 15.9. The average Bonchev–Trinajstić information content (AvgIpc) is 2.47. The van der Waals surface area contributed by atoms with E-state index < -0.39 is 0 Å². The van der Waals surface area contributed by atoms with E-state index in [1.54, 1.807) is 12.1 Å². The molecule has 2 rings (SSSR count). The molecule has 1 aromatic heterocycles. The Kier molecular flexibility index (Phi) is 5.55. The number of hydrogen-bond donors (Lipinski definition) is 1. The van der Waals surface area contributed by atoms with Crippen LogP contribution in [0.3, 0.4) is 0 Å². The molecule has 0 radical (unpaired) electrons. The molecule has 0 amide bonds. The highest BCUT2D eigenvalue weighted by Crippen LogP contribution is 2.15. The Balaban J connectivity index is 2.17. The van der Waals surface area contributed by atoms with Crippen molar-refractivity contribution in [3.05, 3.63) is 63.6 Å². The summed E-state index contributed by atoms with van der Waals surface area (Å²) in [6, 6.07) is 11.2. The van der Waals surface area contributed by atoms with Crippen LogP contribution in [-0.4, -0.2) is 24.8 Å². The summed E-state index contributed by atoms with van der Waals surface area (Å²) < 4.78 is 7.65. The van der Waals surface area contributed by atoms with E-state index in [9.17, 15) is 4.79 Å². The molecule has 0 aliphatic carbocycles. The minimum atomic E-state index is 0.0413. The van der Waals surface area contributed by atoms with Crippen LogP contribution in [0.15, 0.2) is 41.2 Å². The zero-order valence-corrected chi connectivity index (χ0v) is 13.3. The molecule has 116 valence electrons. The second kappa shape index (κ2) is 7.61. The maximum atomic E-state index is 11.4. The molecule has 0 spiro atoms. The number of benzene rings is 1. The fourth-order valence-electron chi connectivity index (χ4n) is 2.25. The lowest BCUT2D eigenvalue weighted by molar-refractivity contribution is 0.318. The van der Waals surface area contributed by atoms with Gasteiger partial charge in [-0.15, -0.1) is 0 Å². The van der Waals surface area contributed by atoms with Crippen molar-refractivity contribution in [3.8, 4) is 5.75 Å². The summed E-state index contributed by atoms with van der Waals surface area (Å²) in [4.78, 5) is 11.4. The summed E-state index contributed by atoms with van der Waals surface area (Å²) in [7, 11) is 1.90. The van der Waals surface area contributed by atoms with E-state index >= 15 is 0 Å². The number of ether oxygens (including phenoxy) is 1. The molecule has 0 unspecified atom stereocenters. The van der Waals surface area contributed by atoms with E-state index in [2.05, 4.69) is 5.32 Å². The van der Waals surface area contributed by atoms with E-state index in [0.29, 0.717) is 6.61 Å². The van der Waals surface area contributed by atoms with Gasteiger partial charge in [-0.3, -0.25) is 4.79 Å². The summed E-state index contributed by atoms with van der Waals surface area (Å²) >= 11 is 0. The number of aromatic nitrogens is 1. The van der Waals surface area contributed by atoms with Crippen LogP contribution in [0.5, 0.6) is 5.75 Å². The van der Waals surface area contributed by atoms with Crippen LogP contribution in [-0.2, 0) is 0 Å². The molecule has 1 N–H and O–H groups in total. The van der Waals surface area contributed by atoms with Crippen LogP contribution in [0.4, 0.5) is 0 Å². The molecule has 22 heavy (non-hydrogen) atoms. The molecular formula is C18H22N2O2. The van der Waals surface area contributed by atoms with Gasteiger partial charge in [0, 0.05) is 36.3 Å². The molecule has 0 fully saturated rings. The van der Waals surface area contributed by atoms with E-state index in [1.807, 2.05) is 62.0 Å². The number of pyridine rings is 1. The SMILES string of the molecule is CNCCOc1cccc(/C=C/n2c(C)cc(=O)cc2C)c1. The molecule has 0 bridgehead atoms. The lowest BCUT2D eigenvalue weighted by atomic mass is 10.2. The van der Waals surface area contributed by atoms with Gasteiger partial charge < -0.3 is 14.6 Å². The van der Waals surface area contributed by atoms with Gasteiger partial charge in [0.15, 0.2) is 5.43 Å². The third-order valence-corrected chi connectivity index (χ3v) is 3.36. The number of aryl methyl sites for hydroxylation is 2. The van der Waals surface area contributed by atoms with Gasteiger partial charge in [0.2, 0.25) is 0 Å². The van der Waals surface area contributed by atoms with Crippen LogP contribution in [0.1, 0.15) is 17.0 Å². The van der Waals surface area contributed by atoms with Gasteiger partial charge in [-0.25, -0.2) is 0 Å². The zero-order valence-electron chi connectivity index (χ0n) is 13.3. The van der Waals surface area contributed by atoms with Gasteiger partial charge in [0.25, 0.3) is 0 Å². The van der Waals surface area contributed by atoms with Gasteiger partial charge in [0.1, 0.15) is 12.4 Å². The minimum Gasteiger partial charge on any atom is -0.492 e. The molecule has 0 aliphatic rings. The maximum Gasteiger partial charge on any atom is 0.182 e. The summed E-state index contributed by atoms with van der Waals surface area (Å²) in [5.74, 6) is 0.853. The number of likely N-dealkylation sites (N-methyl/N-ethyl adjacent to an activating group) is 1. The lowest BCUT2D eigenvalue weighted by Gasteiger charge is -2.09. The Hall–Kier alpha value is -2.33. The topological polar surface area (TPSA) is 43.3 Å². The molecule has 0 aliphatic heterocycles. The Morgan fingerprint density at radius 3 is 2.59 bits per heavy atom. The normalized spacial score (nSPS) is 11.0. The van der Waals surface area contributed by atoms with Crippen molar-refractivity contribution in [1.29, 1.82) is 0 Å². The van der Waals surface area contributed by atoms with Crippen LogP contribution >= 0.6 is 0 Å². The van der Waals surface area contributed by atoms with Crippen molar-refractivity contribution in [3.63, 3.8) is 0 Å². The molecule has 0 saturated heterocycles. The monoisotopic (exact) mass is 298 g/mol. The number of nitrogens with one attached hydrogen (secondary N) is 1. The molecule has 0 saturated carbocycles. The Bertz CT molecular complexity index is 691. The van der Waals surface area contributed by atoms with Gasteiger partial charge in [-0.05, 0) is 44.7 Å². The number of rotatable bonds is 6. The standard InChI is InChI=1S/C18H22N2O2/c1-14-11-17(21)12-15(2)20(14)9-7-16-5-4-6-18(13-16)22-10-8-19-3/h4-7,9,11-13,19H,8,10H2,1-3H3/b9-7+. The minimum absolute atomic E-state index is 0.0413. The predicted octanol–water partition coefficient (Wildman–Crippen LogP) is 2.69. The quantitative estimate of drug-likeness (QED) is 0.834. The van der Waals surface area contributed by atoms with Gasteiger partial charge >= 0.3 is 0 Å². The van der Waals surface area contributed by atoms with Crippen molar-refractivity contribution >= 4 is 12.3 Å². The summed E-state index contributed by atoms with van der Waals surface area (Å²) in [6.45, 7) is 5.31. The maximum absolute atomic E-state index is 11.4. The van der Waals surface area contributed by atoms with Crippen LogP contribution in [0, 0.1) is 13.8 Å². The smallest absolute Gasteiger partial charge is 0.182 e. The van der Waals surface area contributed by atoms with E-state index in [-0.39, 0.29) is 5.43 Å². The molecule has 1 heterocycles. The first-order chi connectivity index (χ1) is 10.6. The molecule has 2 aromatic rings. The first-order valence-electron chi connectivity index (χ1n) is 7.35. The fraction of sp³-hybridized carbons (Fsp3) is 0.278. The van der Waals surface area contributed by atoms with Gasteiger partial charge in [0.05, 0.1) is 0 Å². The van der Waals surface area contributed by atoms with Gasteiger partial charge in [-0.1, -0.05) is 12.1 Å². The Labute approximate surface area is 131 Å². The van der Waals surface area contributed by atoms with Crippen LogP contribution in [0.2, 0.25) is 0 Å². The van der Waals surface area contributed by atoms with Crippen LogP contribution in [0.25, 0.3) is 12.3 Å². The Morgan fingerprint density at radius 1 is 1.18 bits per heavy atom. The predicted molar refractivity (Wildman–Crippen MR) is 91.3 cm³/mol. The molecule has 1 aromatic carbocycles. The van der Waals surface area contributed by atoms with Crippen molar-refractivity contribution in [2.75, 3.05) is 20.2 Å². The molecular weight excluding hydrogens is 276 g/mol. The second-order valence-corrected chi connectivity index (χ2v) is 5.18. The first kappa shape index (κ1) is 16.0. The molecule has 0 atom stereocenters. The third kappa shape index (κ3) is 4.33. The first-order valence-corrected chi connectivity index (χ1v) is 7.35. The Morgan fingerprint density at radius 2 is 1.91 bits per heavy atom. The van der Waals surface area contributed by atoms with E-state index in [1.165, 1.54) is 0 Å². The third-order valence-electron chi connectivity index (χ3n) is 3.36.